The van der Waals surface area contributed by atoms with Crippen molar-refractivity contribution in [2.45, 2.75) is 26.9 Å². The molecule has 6 heteroatoms. The van der Waals surface area contributed by atoms with E-state index in [0.29, 0.717) is 5.95 Å². The first kappa shape index (κ1) is 15.0. The average Bonchev–Trinajstić information content (AvgIpc) is 2.49. The fraction of sp³-hybridized carbons (Fsp3) is 0.400. The first-order chi connectivity index (χ1) is 10.1. The summed E-state index contributed by atoms with van der Waals surface area (Å²) >= 11 is 0. The molecule has 6 nitrogen and oxygen atoms in total. The standard InChI is InChI=1S/C15H21N5O/c1-4-20(5-2)14-17-13(16)18-15(19-14)21-11(3)12-9-7-6-8-10-12/h6-11H,4-5H2,1-3H3,(H2,16,17,18,19). The lowest BCUT2D eigenvalue weighted by Gasteiger charge is -2.19. The van der Waals surface area contributed by atoms with Crippen LogP contribution in [0.15, 0.2) is 30.3 Å². The molecule has 1 aromatic heterocycles. The molecule has 0 saturated carbocycles. The van der Waals surface area contributed by atoms with Crippen LogP contribution in [-0.4, -0.2) is 28.0 Å². The average molecular weight is 287 g/mol. The minimum atomic E-state index is -0.155. The van der Waals surface area contributed by atoms with Gasteiger partial charge in [-0.15, -0.1) is 0 Å². The number of nitrogen functional groups attached to an aromatic ring is 1. The molecule has 0 fully saturated rings. The highest BCUT2D eigenvalue weighted by Crippen LogP contribution is 2.20. The Labute approximate surface area is 125 Å². The Morgan fingerprint density at radius 2 is 1.76 bits per heavy atom. The summed E-state index contributed by atoms with van der Waals surface area (Å²) < 4.78 is 5.79. The maximum absolute atomic E-state index is 5.79. The second kappa shape index (κ2) is 6.88. The van der Waals surface area contributed by atoms with Crippen LogP contribution in [0.25, 0.3) is 0 Å². The Balaban J connectivity index is 2.20. The molecule has 0 saturated heterocycles. The summed E-state index contributed by atoms with van der Waals surface area (Å²) in [4.78, 5) is 14.6. The van der Waals surface area contributed by atoms with Crippen molar-refractivity contribution in [1.82, 2.24) is 15.0 Å². The third-order valence-electron chi connectivity index (χ3n) is 3.22. The van der Waals surface area contributed by atoms with E-state index in [2.05, 4.69) is 15.0 Å². The first-order valence-corrected chi connectivity index (χ1v) is 7.12. The van der Waals surface area contributed by atoms with Gasteiger partial charge in [-0.1, -0.05) is 30.3 Å². The number of benzene rings is 1. The number of anilines is 2. The molecule has 21 heavy (non-hydrogen) atoms. The van der Waals surface area contributed by atoms with E-state index in [1.165, 1.54) is 0 Å². The van der Waals surface area contributed by atoms with E-state index in [1.807, 2.05) is 56.0 Å². The van der Waals surface area contributed by atoms with E-state index in [9.17, 15) is 0 Å². The normalized spacial score (nSPS) is 12.0. The van der Waals surface area contributed by atoms with Crippen LogP contribution >= 0.6 is 0 Å². The highest BCUT2D eigenvalue weighted by molar-refractivity contribution is 5.35. The second-order valence-corrected chi connectivity index (χ2v) is 4.62. The van der Waals surface area contributed by atoms with Gasteiger partial charge in [0.15, 0.2) is 0 Å². The highest BCUT2D eigenvalue weighted by atomic mass is 16.5. The van der Waals surface area contributed by atoms with Gasteiger partial charge in [-0.3, -0.25) is 0 Å². The van der Waals surface area contributed by atoms with Crippen LogP contribution in [0.1, 0.15) is 32.4 Å². The Morgan fingerprint density at radius 1 is 1.10 bits per heavy atom. The zero-order chi connectivity index (χ0) is 15.2. The lowest BCUT2D eigenvalue weighted by atomic mass is 10.1. The van der Waals surface area contributed by atoms with Crippen LogP contribution in [0.5, 0.6) is 6.01 Å². The minimum absolute atomic E-state index is 0.155. The predicted octanol–water partition coefficient (Wildman–Crippen LogP) is 2.44. The van der Waals surface area contributed by atoms with E-state index < -0.39 is 0 Å². The molecule has 2 rings (SSSR count). The quantitative estimate of drug-likeness (QED) is 0.879. The monoisotopic (exact) mass is 287 g/mol. The number of rotatable bonds is 6. The van der Waals surface area contributed by atoms with Crippen LogP contribution < -0.4 is 15.4 Å². The van der Waals surface area contributed by atoms with Gasteiger partial charge in [0.2, 0.25) is 11.9 Å². The summed E-state index contributed by atoms with van der Waals surface area (Å²) in [6, 6.07) is 10.2. The smallest absolute Gasteiger partial charge is 0.323 e. The lowest BCUT2D eigenvalue weighted by molar-refractivity contribution is 0.207. The van der Waals surface area contributed by atoms with Crippen molar-refractivity contribution in [3.05, 3.63) is 35.9 Å². The molecular weight excluding hydrogens is 266 g/mol. The highest BCUT2D eigenvalue weighted by Gasteiger charge is 2.13. The molecule has 0 aliphatic heterocycles. The molecule has 0 aliphatic carbocycles. The number of hydrogen-bond donors (Lipinski definition) is 1. The molecule has 112 valence electrons. The molecule has 2 aromatic rings. The summed E-state index contributed by atoms with van der Waals surface area (Å²) in [5.74, 6) is 0.713. The van der Waals surface area contributed by atoms with Crippen molar-refractivity contribution in [3.63, 3.8) is 0 Å². The number of nitrogens with two attached hydrogens (primary N) is 1. The molecule has 1 aromatic carbocycles. The van der Waals surface area contributed by atoms with Crippen LogP contribution in [0, 0.1) is 0 Å². The van der Waals surface area contributed by atoms with E-state index in [0.717, 1.165) is 18.7 Å². The topological polar surface area (TPSA) is 77.2 Å². The van der Waals surface area contributed by atoms with Crippen molar-refractivity contribution in [3.8, 4) is 6.01 Å². The maximum atomic E-state index is 5.79. The van der Waals surface area contributed by atoms with Gasteiger partial charge in [0.25, 0.3) is 0 Å². The van der Waals surface area contributed by atoms with Gasteiger partial charge in [-0.05, 0) is 26.3 Å². The summed E-state index contributed by atoms with van der Waals surface area (Å²) in [7, 11) is 0. The molecule has 1 unspecified atom stereocenters. The fourth-order valence-corrected chi connectivity index (χ4v) is 2.01. The van der Waals surface area contributed by atoms with E-state index in [-0.39, 0.29) is 18.1 Å². The molecule has 0 bridgehead atoms. The summed E-state index contributed by atoms with van der Waals surface area (Å²) in [6.45, 7) is 7.63. The lowest BCUT2D eigenvalue weighted by Crippen LogP contribution is -2.25. The van der Waals surface area contributed by atoms with Crippen molar-refractivity contribution >= 4 is 11.9 Å². The van der Waals surface area contributed by atoms with Gasteiger partial charge < -0.3 is 15.4 Å². The van der Waals surface area contributed by atoms with Gasteiger partial charge >= 0.3 is 6.01 Å². The number of hydrogen-bond acceptors (Lipinski definition) is 6. The number of ether oxygens (including phenoxy) is 1. The SMILES string of the molecule is CCN(CC)c1nc(N)nc(OC(C)c2ccccc2)n1. The van der Waals surface area contributed by atoms with Crippen molar-refractivity contribution in [2.24, 2.45) is 0 Å². The zero-order valence-electron chi connectivity index (χ0n) is 12.7. The third-order valence-corrected chi connectivity index (χ3v) is 3.22. The van der Waals surface area contributed by atoms with Gasteiger partial charge in [0, 0.05) is 13.1 Å². The van der Waals surface area contributed by atoms with Crippen LogP contribution in [-0.2, 0) is 0 Å². The molecule has 0 spiro atoms. The summed E-state index contributed by atoms with van der Waals surface area (Å²) in [5.41, 5.74) is 6.81. The van der Waals surface area contributed by atoms with Crippen LogP contribution in [0.4, 0.5) is 11.9 Å². The molecule has 2 N–H and O–H groups in total. The number of nitrogens with zero attached hydrogens (tertiary/aromatic N) is 4. The van der Waals surface area contributed by atoms with E-state index in [4.69, 9.17) is 10.5 Å². The van der Waals surface area contributed by atoms with Gasteiger partial charge in [-0.2, -0.15) is 15.0 Å². The summed E-state index contributed by atoms with van der Waals surface area (Å²) in [5, 5.41) is 0. The predicted molar refractivity (Wildman–Crippen MR) is 83.3 cm³/mol. The Kier molecular flexibility index (Phi) is 4.92. The van der Waals surface area contributed by atoms with Gasteiger partial charge in [0.05, 0.1) is 0 Å². The van der Waals surface area contributed by atoms with Crippen LogP contribution in [0.2, 0.25) is 0 Å². The zero-order valence-corrected chi connectivity index (χ0v) is 12.7. The number of aromatic nitrogens is 3. The molecule has 0 radical (unpaired) electrons. The van der Waals surface area contributed by atoms with E-state index >= 15 is 0 Å². The Hall–Kier alpha value is -2.37. The first-order valence-electron chi connectivity index (χ1n) is 7.12. The Morgan fingerprint density at radius 3 is 2.38 bits per heavy atom. The third kappa shape index (κ3) is 3.81. The molecular formula is C15H21N5O. The van der Waals surface area contributed by atoms with Gasteiger partial charge in [-0.25, -0.2) is 0 Å². The minimum Gasteiger partial charge on any atom is -0.455 e. The van der Waals surface area contributed by atoms with Gasteiger partial charge in [0.1, 0.15) is 6.10 Å². The summed E-state index contributed by atoms with van der Waals surface area (Å²) in [6.07, 6.45) is -0.155. The molecule has 0 aliphatic rings. The Bertz CT molecular complexity index is 572. The second-order valence-electron chi connectivity index (χ2n) is 4.62. The molecule has 1 atom stereocenters. The van der Waals surface area contributed by atoms with Crippen LogP contribution in [0.3, 0.4) is 0 Å². The van der Waals surface area contributed by atoms with Crippen molar-refractivity contribution < 1.29 is 4.74 Å². The molecule has 0 amide bonds. The largest absolute Gasteiger partial charge is 0.455 e. The maximum Gasteiger partial charge on any atom is 0.323 e. The fourth-order valence-electron chi connectivity index (χ4n) is 2.01. The van der Waals surface area contributed by atoms with Crippen molar-refractivity contribution in [1.29, 1.82) is 0 Å². The van der Waals surface area contributed by atoms with E-state index in [1.54, 1.807) is 0 Å². The van der Waals surface area contributed by atoms with Crippen molar-refractivity contribution in [2.75, 3.05) is 23.7 Å². The molecule has 1 heterocycles.